The van der Waals surface area contributed by atoms with Gasteiger partial charge in [-0.3, -0.25) is 19.2 Å². The average molecular weight is 1440 g/mol. The SMILES string of the molecule is CCCCCCCCN(CCCCCCCC)C(=O)COCC(=O)NCCCOc1c2cc(C(C)(C)C)cc1Cc1cc(C(C)(C)C)cc(c1O)Cc1cc(C(C)(C)C)cc(c1OCCCNC(=O)COCC(=O)N(CCCCCCCC)CCCCCCCC)Cc1cc(C(C)(C)C)cc(c1O)C2. The van der Waals surface area contributed by atoms with Gasteiger partial charge in [-0.1, -0.05) is 288 Å². The number of benzene rings is 4. The van der Waals surface area contributed by atoms with E-state index in [-0.39, 0.29) is 96.4 Å². The van der Waals surface area contributed by atoms with Crippen molar-refractivity contribution in [1.82, 2.24) is 20.4 Å². The average Bonchev–Trinajstić information content (AvgIpc) is 0.768. The van der Waals surface area contributed by atoms with Crippen molar-refractivity contribution < 1.29 is 48.3 Å². The lowest BCUT2D eigenvalue weighted by Crippen LogP contribution is -2.37. The Morgan fingerprint density at radius 1 is 0.337 bits per heavy atom. The molecule has 8 bridgehead atoms. The quantitative estimate of drug-likeness (QED) is 0.0274. The molecule has 5 rings (SSSR count). The molecule has 4 aromatic carbocycles. The first-order valence-electron chi connectivity index (χ1n) is 41.0. The Morgan fingerprint density at radius 2 is 0.567 bits per heavy atom. The number of hydrogen-bond acceptors (Lipinski definition) is 10. The first kappa shape index (κ1) is 88.5. The normalized spacial score (nSPS) is 12.7. The minimum atomic E-state index is -0.295. The van der Waals surface area contributed by atoms with Crippen molar-refractivity contribution >= 4 is 23.6 Å². The summed E-state index contributed by atoms with van der Waals surface area (Å²) in [5.41, 5.74) is 9.84. The number of phenolic OH excluding ortho intramolecular Hbond substituents is 2. The molecule has 0 spiro atoms. The molecule has 0 aliphatic heterocycles. The summed E-state index contributed by atoms with van der Waals surface area (Å²) in [4.78, 5) is 57.6. The van der Waals surface area contributed by atoms with E-state index >= 15 is 0 Å². The van der Waals surface area contributed by atoms with E-state index in [1.54, 1.807) is 0 Å². The molecule has 1 aliphatic carbocycles. The summed E-state index contributed by atoms with van der Waals surface area (Å²) in [6.45, 7) is 38.7. The highest BCUT2D eigenvalue weighted by molar-refractivity contribution is 5.80. The smallest absolute Gasteiger partial charge is 0.248 e. The van der Waals surface area contributed by atoms with Crippen LogP contribution in [0.25, 0.3) is 0 Å². The van der Waals surface area contributed by atoms with Gasteiger partial charge in [0, 0.05) is 65.0 Å². The Morgan fingerprint density at radius 3 is 0.808 bits per heavy atom. The highest BCUT2D eigenvalue weighted by Gasteiger charge is 2.30. The lowest BCUT2D eigenvalue weighted by molar-refractivity contribution is -0.139. The zero-order chi connectivity index (χ0) is 76.3. The molecule has 0 heterocycles. The van der Waals surface area contributed by atoms with E-state index < -0.39 is 0 Å². The van der Waals surface area contributed by atoms with Gasteiger partial charge in [-0.25, -0.2) is 0 Å². The van der Waals surface area contributed by atoms with Crippen LogP contribution in [-0.2, 0) is 76.0 Å². The third-order valence-corrected chi connectivity index (χ3v) is 20.5. The second-order valence-electron chi connectivity index (χ2n) is 34.2. The number of amides is 4. The fraction of sp³-hybridized carbons (Fsp3) is 0.689. The number of carbonyl (C=O) groups is 4. The maximum Gasteiger partial charge on any atom is 0.248 e. The van der Waals surface area contributed by atoms with Crippen LogP contribution in [0.1, 0.15) is 344 Å². The van der Waals surface area contributed by atoms with Gasteiger partial charge >= 0.3 is 0 Å². The summed E-state index contributed by atoms with van der Waals surface area (Å²) in [5, 5.41) is 31.9. The van der Waals surface area contributed by atoms with Crippen LogP contribution in [0, 0.1) is 0 Å². The molecular formula is C90H144N4O10. The maximum absolute atomic E-state index is 13.5. The van der Waals surface area contributed by atoms with Gasteiger partial charge in [0.2, 0.25) is 23.6 Å². The minimum absolute atomic E-state index is 0.0612. The van der Waals surface area contributed by atoms with Gasteiger partial charge in [-0.15, -0.1) is 0 Å². The number of rotatable bonds is 46. The number of ether oxygens (including phenoxy) is 4. The van der Waals surface area contributed by atoms with Gasteiger partial charge in [-0.2, -0.15) is 0 Å². The fourth-order valence-electron chi connectivity index (χ4n) is 13.8. The number of phenols is 2. The summed E-state index contributed by atoms with van der Waals surface area (Å²) in [7, 11) is 0. The monoisotopic (exact) mass is 1440 g/mol. The van der Waals surface area contributed by atoms with Crippen molar-refractivity contribution in [3.05, 3.63) is 115 Å². The third-order valence-electron chi connectivity index (χ3n) is 20.5. The van der Waals surface area contributed by atoms with E-state index in [0.29, 0.717) is 63.1 Å². The van der Waals surface area contributed by atoms with Gasteiger partial charge in [0.15, 0.2) is 0 Å². The summed E-state index contributed by atoms with van der Waals surface area (Å²) >= 11 is 0. The van der Waals surface area contributed by atoms with Crippen LogP contribution in [0.3, 0.4) is 0 Å². The molecule has 0 aromatic heterocycles. The van der Waals surface area contributed by atoms with Crippen LogP contribution in [-0.4, -0.2) is 123 Å². The molecule has 4 aromatic rings. The lowest BCUT2D eigenvalue weighted by Gasteiger charge is -2.28. The Labute approximate surface area is 631 Å². The molecule has 104 heavy (non-hydrogen) atoms. The summed E-state index contributed by atoms with van der Waals surface area (Å²) in [6.07, 6.45) is 30.1. The Balaban J connectivity index is 1.42. The highest BCUT2D eigenvalue weighted by atomic mass is 16.5. The van der Waals surface area contributed by atoms with Crippen molar-refractivity contribution in [1.29, 1.82) is 0 Å². The number of aromatic hydroxyl groups is 2. The van der Waals surface area contributed by atoms with Crippen molar-refractivity contribution in [2.75, 3.05) is 78.9 Å². The maximum atomic E-state index is 13.5. The van der Waals surface area contributed by atoms with Gasteiger partial charge in [-0.05, 0) is 127 Å². The molecule has 0 saturated heterocycles. The number of unbranched alkanes of at least 4 members (excludes halogenated alkanes) is 20. The van der Waals surface area contributed by atoms with E-state index in [1.165, 1.54) is 103 Å². The van der Waals surface area contributed by atoms with E-state index in [9.17, 15) is 29.4 Å². The van der Waals surface area contributed by atoms with Crippen LogP contribution in [0.4, 0.5) is 0 Å². The minimum Gasteiger partial charge on any atom is -0.507 e. The largest absolute Gasteiger partial charge is 0.507 e. The summed E-state index contributed by atoms with van der Waals surface area (Å²) < 4.78 is 25.6. The predicted octanol–water partition coefficient (Wildman–Crippen LogP) is 19.9. The van der Waals surface area contributed by atoms with Gasteiger partial charge in [0.25, 0.3) is 0 Å². The molecule has 0 unspecified atom stereocenters. The second kappa shape index (κ2) is 45.5. The van der Waals surface area contributed by atoms with Crippen LogP contribution in [0.5, 0.6) is 23.0 Å². The van der Waals surface area contributed by atoms with Gasteiger partial charge in [0.05, 0.1) is 13.2 Å². The van der Waals surface area contributed by atoms with Crippen LogP contribution in [0.2, 0.25) is 0 Å². The Bertz CT molecular complexity index is 2890. The van der Waals surface area contributed by atoms with E-state index in [4.69, 9.17) is 18.9 Å². The molecule has 584 valence electrons. The zero-order valence-electron chi connectivity index (χ0n) is 68.4. The predicted molar refractivity (Wildman–Crippen MR) is 430 cm³/mol. The van der Waals surface area contributed by atoms with Crippen LogP contribution < -0.4 is 20.1 Å². The topological polar surface area (TPSA) is 176 Å². The third kappa shape index (κ3) is 31.4. The van der Waals surface area contributed by atoms with Crippen LogP contribution in [0.15, 0.2) is 48.5 Å². The molecule has 4 N–H and O–H groups in total. The Hall–Kier alpha value is -6.12. The number of hydrogen-bond donors (Lipinski definition) is 4. The molecule has 1 aliphatic rings. The summed E-state index contributed by atoms with van der Waals surface area (Å²) in [5.74, 6) is 1.07. The number of nitrogens with zero attached hydrogens (tertiary/aromatic N) is 2. The molecule has 0 radical (unpaired) electrons. The number of carbonyl (C=O) groups excluding carboxylic acids is 4. The van der Waals surface area contributed by atoms with Gasteiger partial charge < -0.3 is 49.6 Å². The highest BCUT2D eigenvalue weighted by Crippen LogP contribution is 2.44. The molecule has 14 nitrogen and oxygen atoms in total. The molecule has 0 fully saturated rings. The van der Waals surface area contributed by atoms with Crippen LogP contribution >= 0.6 is 0 Å². The number of fused-ring (bicyclic) bond motifs is 8. The summed E-state index contributed by atoms with van der Waals surface area (Å²) in [6, 6.07) is 17.4. The Kier molecular flexibility index (Phi) is 38.7. The van der Waals surface area contributed by atoms with Crippen molar-refractivity contribution in [3.63, 3.8) is 0 Å². The molecule has 14 heteroatoms. The molecular weight excluding hydrogens is 1300 g/mol. The molecule has 0 saturated carbocycles. The first-order chi connectivity index (χ1) is 49.5. The lowest BCUT2D eigenvalue weighted by atomic mass is 9.79. The first-order valence-corrected chi connectivity index (χ1v) is 41.0. The molecule has 0 atom stereocenters. The van der Waals surface area contributed by atoms with Crippen molar-refractivity contribution in [3.8, 4) is 23.0 Å². The number of nitrogens with one attached hydrogen (secondary N) is 2. The molecule has 4 amide bonds. The fourth-order valence-corrected chi connectivity index (χ4v) is 13.8. The van der Waals surface area contributed by atoms with Crippen molar-refractivity contribution in [2.45, 2.75) is 325 Å². The van der Waals surface area contributed by atoms with Crippen molar-refractivity contribution in [2.24, 2.45) is 0 Å². The van der Waals surface area contributed by atoms with E-state index in [2.05, 4.69) is 170 Å². The van der Waals surface area contributed by atoms with E-state index in [1.807, 2.05) is 9.80 Å². The second-order valence-corrected chi connectivity index (χ2v) is 34.2. The standard InChI is InChI=1S/C90H144N4O10/c1-17-21-25-29-33-37-45-93(46-38-34-30-26-22-18-2)81(97)65-101-63-79(95)91-43-41-49-103-85-71-51-67-55-75(87(5,6)7)57-69(83(67)99)53-73-61-78(90(14,15)16)62-74(54-70-58-76(88(8,9)10)56-68(84(70)100)52-72(85)60-77(59-71)89(11,12)13)86(73)104-50-42-44-92-80(96)64-102-66-82(98)94(47-39-35-31-27-23-19-3)48-40-36-32-28-24-20-4/h55-62,99-100H,17-54,63-66H2,1-16H3,(H,91,95)(H,92,96). The zero-order valence-corrected chi connectivity index (χ0v) is 68.4. The van der Waals surface area contributed by atoms with E-state index in [0.717, 1.165) is 144 Å². The van der Waals surface area contributed by atoms with Gasteiger partial charge in [0.1, 0.15) is 49.4 Å².